The van der Waals surface area contributed by atoms with Crippen molar-refractivity contribution in [3.05, 3.63) is 21.4 Å². The molecule has 0 amide bonds. The van der Waals surface area contributed by atoms with Gasteiger partial charge in [-0.3, -0.25) is 0 Å². The fraction of sp³-hybridized carbons (Fsp3) is 0.714. The first-order valence-electron chi connectivity index (χ1n) is 6.43. The van der Waals surface area contributed by atoms with Crippen molar-refractivity contribution in [2.45, 2.75) is 40.2 Å². The molecule has 1 aliphatic heterocycles. The SMILES string of the molecule is Cc1cc(CNCC2(C)CCOCC2)c(C)s1. The first-order valence-corrected chi connectivity index (χ1v) is 7.25. The Hall–Kier alpha value is -0.380. The minimum atomic E-state index is 0.428. The number of aryl methyl sites for hydroxylation is 2. The molecule has 17 heavy (non-hydrogen) atoms. The minimum Gasteiger partial charge on any atom is -0.381 e. The van der Waals surface area contributed by atoms with Crippen molar-refractivity contribution < 1.29 is 4.74 Å². The summed E-state index contributed by atoms with van der Waals surface area (Å²) in [4.78, 5) is 2.86. The summed E-state index contributed by atoms with van der Waals surface area (Å²) in [6.45, 7) is 10.7. The lowest BCUT2D eigenvalue weighted by atomic mass is 9.82. The molecule has 3 heteroatoms. The molecule has 1 aromatic rings. The van der Waals surface area contributed by atoms with Crippen LogP contribution in [-0.4, -0.2) is 19.8 Å². The van der Waals surface area contributed by atoms with Gasteiger partial charge in [-0.25, -0.2) is 0 Å². The zero-order valence-electron chi connectivity index (χ0n) is 11.1. The topological polar surface area (TPSA) is 21.3 Å². The standard InChI is InChI=1S/C14H23NOS/c1-11-8-13(12(2)17-11)9-15-10-14(3)4-6-16-7-5-14/h8,15H,4-7,9-10H2,1-3H3. The van der Waals surface area contributed by atoms with Crippen LogP contribution >= 0.6 is 11.3 Å². The van der Waals surface area contributed by atoms with E-state index in [0.717, 1.165) is 26.3 Å². The molecule has 0 spiro atoms. The van der Waals surface area contributed by atoms with Crippen LogP contribution in [0.4, 0.5) is 0 Å². The number of ether oxygens (including phenoxy) is 1. The molecule has 2 nitrogen and oxygen atoms in total. The second kappa shape index (κ2) is 5.51. The number of nitrogens with one attached hydrogen (secondary N) is 1. The molecule has 1 aromatic heterocycles. The summed E-state index contributed by atoms with van der Waals surface area (Å²) in [5, 5.41) is 3.62. The summed E-state index contributed by atoms with van der Waals surface area (Å²) in [5.41, 5.74) is 1.89. The summed E-state index contributed by atoms with van der Waals surface area (Å²) >= 11 is 1.89. The maximum Gasteiger partial charge on any atom is 0.0471 e. The van der Waals surface area contributed by atoms with Gasteiger partial charge in [-0.2, -0.15) is 0 Å². The van der Waals surface area contributed by atoms with Gasteiger partial charge in [0.1, 0.15) is 0 Å². The highest BCUT2D eigenvalue weighted by Gasteiger charge is 2.26. The Kier molecular flexibility index (Phi) is 4.23. The van der Waals surface area contributed by atoms with Crippen molar-refractivity contribution in [1.82, 2.24) is 5.32 Å². The van der Waals surface area contributed by atoms with Gasteiger partial charge in [0.2, 0.25) is 0 Å². The van der Waals surface area contributed by atoms with Gasteiger partial charge < -0.3 is 10.1 Å². The second-order valence-corrected chi connectivity index (χ2v) is 6.93. The first-order chi connectivity index (χ1) is 8.09. The van der Waals surface area contributed by atoms with Crippen LogP contribution in [0.15, 0.2) is 6.07 Å². The molecule has 96 valence electrons. The summed E-state index contributed by atoms with van der Waals surface area (Å²) < 4.78 is 5.43. The summed E-state index contributed by atoms with van der Waals surface area (Å²) in [6, 6.07) is 2.30. The third-order valence-electron chi connectivity index (χ3n) is 3.71. The van der Waals surface area contributed by atoms with E-state index in [2.05, 4.69) is 32.2 Å². The number of hydrogen-bond acceptors (Lipinski definition) is 3. The van der Waals surface area contributed by atoms with Crippen molar-refractivity contribution in [1.29, 1.82) is 0 Å². The molecule has 0 bridgehead atoms. The molecule has 1 fully saturated rings. The fourth-order valence-electron chi connectivity index (χ4n) is 2.40. The zero-order chi connectivity index (χ0) is 12.3. The molecule has 0 aromatic carbocycles. The van der Waals surface area contributed by atoms with Crippen molar-refractivity contribution >= 4 is 11.3 Å². The van der Waals surface area contributed by atoms with Crippen molar-refractivity contribution in [3.8, 4) is 0 Å². The van der Waals surface area contributed by atoms with E-state index in [4.69, 9.17) is 4.74 Å². The third-order valence-corrected chi connectivity index (χ3v) is 4.72. The van der Waals surface area contributed by atoms with Crippen LogP contribution in [0.1, 0.15) is 35.1 Å². The van der Waals surface area contributed by atoms with Crippen molar-refractivity contribution in [2.24, 2.45) is 5.41 Å². The van der Waals surface area contributed by atoms with Gasteiger partial charge >= 0.3 is 0 Å². The Morgan fingerprint density at radius 2 is 2.06 bits per heavy atom. The van der Waals surface area contributed by atoms with Gasteiger partial charge in [0, 0.05) is 36.1 Å². The number of rotatable bonds is 4. The van der Waals surface area contributed by atoms with Crippen molar-refractivity contribution in [3.63, 3.8) is 0 Å². The highest BCUT2D eigenvalue weighted by molar-refractivity contribution is 7.12. The predicted octanol–water partition coefficient (Wildman–Crippen LogP) is 3.27. The van der Waals surface area contributed by atoms with E-state index in [9.17, 15) is 0 Å². The van der Waals surface area contributed by atoms with Crippen LogP contribution in [0.5, 0.6) is 0 Å². The monoisotopic (exact) mass is 253 g/mol. The van der Waals surface area contributed by atoms with E-state index in [0.29, 0.717) is 5.41 Å². The zero-order valence-corrected chi connectivity index (χ0v) is 12.0. The fourth-order valence-corrected chi connectivity index (χ4v) is 3.35. The molecule has 0 saturated carbocycles. The number of thiophene rings is 1. The van der Waals surface area contributed by atoms with Crippen molar-refractivity contribution in [2.75, 3.05) is 19.8 Å². The molecule has 0 atom stereocenters. The Morgan fingerprint density at radius 3 is 2.65 bits per heavy atom. The van der Waals surface area contributed by atoms with Crippen LogP contribution in [-0.2, 0) is 11.3 Å². The van der Waals surface area contributed by atoms with Crippen LogP contribution in [0, 0.1) is 19.3 Å². The smallest absolute Gasteiger partial charge is 0.0471 e. The Morgan fingerprint density at radius 1 is 1.35 bits per heavy atom. The molecule has 0 unspecified atom stereocenters. The van der Waals surface area contributed by atoms with Crippen LogP contribution in [0.25, 0.3) is 0 Å². The average molecular weight is 253 g/mol. The summed E-state index contributed by atoms with van der Waals surface area (Å²) in [6.07, 6.45) is 2.36. The van der Waals surface area contributed by atoms with Gasteiger partial charge in [0.15, 0.2) is 0 Å². The molecule has 2 heterocycles. The molecule has 0 radical (unpaired) electrons. The van der Waals surface area contributed by atoms with E-state index >= 15 is 0 Å². The second-order valence-electron chi connectivity index (χ2n) is 5.47. The molecule has 1 saturated heterocycles. The van der Waals surface area contributed by atoms with Gasteiger partial charge in [-0.15, -0.1) is 11.3 Å². The number of hydrogen-bond donors (Lipinski definition) is 1. The molecular weight excluding hydrogens is 230 g/mol. The molecule has 1 N–H and O–H groups in total. The molecule has 1 aliphatic rings. The normalized spacial score (nSPS) is 19.5. The van der Waals surface area contributed by atoms with Crippen LogP contribution < -0.4 is 5.32 Å². The van der Waals surface area contributed by atoms with E-state index < -0.39 is 0 Å². The lowest BCUT2D eigenvalue weighted by Crippen LogP contribution is -2.36. The Balaban J connectivity index is 1.81. The lowest BCUT2D eigenvalue weighted by Gasteiger charge is -2.33. The molecule has 2 rings (SSSR count). The highest BCUT2D eigenvalue weighted by atomic mass is 32.1. The first kappa shape index (κ1) is 13.1. The summed E-state index contributed by atoms with van der Waals surface area (Å²) in [7, 11) is 0. The largest absolute Gasteiger partial charge is 0.381 e. The minimum absolute atomic E-state index is 0.428. The van der Waals surface area contributed by atoms with Gasteiger partial charge in [0.05, 0.1) is 0 Å². The van der Waals surface area contributed by atoms with Crippen LogP contribution in [0.2, 0.25) is 0 Å². The van der Waals surface area contributed by atoms with Gasteiger partial charge in [-0.05, 0) is 43.7 Å². The van der Waals surface area contributed by atoms with E-state index in [1.165, 1.54) is 28.2 Å². The molecule has 0 aliphatic carbocycles. The maximum atomic E-state index is 5.43. The highest BCUT2D eigenvalue weighted by Crippen LogP contribution is 2.29. The van der Waals surface area contributed by atoms with E-state index in [1.54, 1.807) is 0 Å². The summed E-state index contributed by atoms with van der Waals surface area (Å²) in [5.74, 6) is 0. The predicted molar refractivity (Wildman–Crippen MR) is 73.7 cm³/mol. The quantitative estimate of drug-likeness (QED) is 0.889. The third kappa shape index (κ3) is 3.54. The van der Waals surface area contributed by atoms with E-state index in [1.807, 2.05) is 11.3 Å². The Labute approximate surface area is 108 Å². The maximum absolute atomic E-state index is 5.43. The van der Waals surface area contributed by atoms with Gasteiger partial charge in [-0.1, -0.05) is 6.92 Å². The van der Waals surface area contributed by atoms with Crippen LogP contribution in [0.3, 0.4) is 0 Å². The van der Waals surface area contributed by atoms with Gasteiger partial charge in [0.25, 0.3) is 0 Å². The molecular formula is C14H23NOS. The average Bonchev–Trinajstić information content (AvgIpc) is 2.58. The van der Waals surface area contributed by atoms with E-state index in [-0.39, 0.29) is 0 Å². The Bertz CT molecular complexity index is 366. The lowest BCUT2D eigenvalue weighted by molar-refractivity contribution is 0.0240.